The van der Waals surface area contributed by atoms with E-state index in [0.717, 1.165) is 17.2 Å². The predicted molar refractivity (Wildman–Crippen MR) is 118 cm³/mol. The van der Waals surface area contributed by atoms with Crippen LogP contribution in [0.4, 0.5) is 25.4 Å². The average Bonchev–Trinajstić information content (AvgIpc) is 3.38. The van der Waals surface area contributed by atoms with Crippen molar-refractivity contribution < 1.29 is 18.7 Å². The molecule has 4 rings (SSSR count). The molecule has 2 N–H and O–H groups in total. The van der Waals surface area contributed by atoms with Crippen LogP contribution in [0.3, 0.4) is 0 Å². The number of urea groups is 1. The van der Waals surface area contributed by atoms with Crippen molar-refractivity contribution >= 4 is 40.9 Å². The summed E-state index contributed by atoms with van der Waals surface area (Å²) in [4.78, 5) is 34.2. The minimum atomic E-state index is -0.710. The number of hydrogen-bond acceptors (Lipinski definition) is 5. The highest BCUT2D eigenvalue weighted by molar-refractivity contribution is 6.33. The maximum atomic E-state index is 15.2. The molecule has 1 aromatic carbocycles. The number of aromatic nitrogens is 3. The second kappa shape index (κ2) is 8.99. The summed E-state index contributed by atoms with van der Waals surface area (Å²) < 4.78 is 21.3. The fraction of sp³-hybridized carbons (Fsp3) is 0.333. The van der Waals surface area contributed by atoms with Crippen LogP contribution in [0.25, 0.3) is 17.0 Å². The number of likely N-dealkylation sites (tertiary alicyclic amines) is 1. The van der Waals surface area contributed by atoms with Crippen LogP contribution in [0.1, 0.15) is 26.7 Å². The number of carbonyl (C=O) groups is 2. The van der Waals surface area contributed by atoms with Crippen LogP contribution in [0.5, 0.6) is 0 Å². The summed E-state index contributed by atoms with van der Waals surface area (Å²) in [6.45, 7) is 4.85. The molecule has 3 aromatic rings. The van der Waals surface area contributed by atoms with E-state index < -0.39 is 12.0 Å². The summed E-state index contributed by atoms with van der Waals surface area (Å²) >= 11 is 6.31. The monoisotopic (exact) mass is 460 g/mol. The molecule has 0 radical (unpaired) electrons. The first kappa shape index (κ1) is 21.8. The topological polar surface area (TPSA) is 101 Å². The maximum Gasteiger partial charge on any atom is 0.411 e. The van der Waals surface area contributed by atoms with E-state index in [1.807, 2.05) is 0 Å². The van der Waals surface area contributed by atoms with Crippen molar-refractivity contribution in [2.45, 2.75) is 32.8 Å². The van der Waals surface area contributed by atoms with Gasteiger partial charge in [-0.15, -0.1) is 0 Å². The van der Waals surface area contributed by atoms with Crippen LogP contribution >= 0.6 is 11.6 Å². The Bertz CT molecular complexity index is 1180. The molecule has 3 amide bonds. The zero-order chi connectivity index (χ0) is 22.8. The van der Waals surface area contributed by atoms with Crippen LogP contribution in [0.15, 0.2) is 30.6 Å². The molecule has 9 nitrogen and oxygen atoms in total. The average molecular weight is 461 g/mol. The fourth-order valence-corrected chi connectivity index (χ4v) is 3.62. The highest BCUT2D eigenvalue weighted by atomic mass is 35.5. The van der Waals surface area contributed by atoms with Gasteiger partial charge in [-0.2, -0.15) is 4.39 Å². The van der Waals surface area contributed by atoms with E-state index in [0.29, 0.717) is 24.3 Å². The van der Waals surface area contributed by atoms with Gasteiger partial charge in [0, 0.05) is 30.5 Å². The van der Waals surface area contributed by atoms with E-state index in [1.54, 1.807) is 36.9 Å². The van der Waals surface area contributed by atoms with E-state index in [9.17, 15) is 9.59 Å². The van der Waals surface area contributed by atoms with Crippen molar-refractivity contribution in [1.29, 1.82) is 0 Å². The molecule has 1 aliphatic rings. The Morgan fingerprint density at radius 3 is 2.66 bits per heavy atom. The molecule has 1 fully saturated rings. The molecule has 0 atom stereocenters. The molecule has 1 saturated heterocycles. The Morgan fingerprint density at radius 2 is 1.94 bits per heavy atom. The summed E-state index contributed by atoms with van der Waals surface area (Å²) in [5.41, 5.74) is 0.998. The summed E-state index contributed by atoms with van der Waals surface area (Å²) in [5, 5.41) is 5.58. The first-order chi connectivity index (χ1) is 15.3. The van der Waals surface area contributed by atoms with Crippen LogP contribution in [0, 0.1) is 5.95 Å². The summed E-state index contributed by atoms with van der Waals surface area (Å²) in [6, 6.07) is 4.58. The van der Waals surface area contributed by atoms with Gasteiger partial charge in [0.05, 0.1) is 23.0 Å². The number of halogens is 2. The minimum absolute atomic E-state index is 0.0262. The molecule has 0 unspecified atom stereocenters. The van der Waals surface area contributed by atoms with Gasteiger partial charge >= 0.3 is 12.1 Å². The number of nitrogens with zero attached hydrogens (tertiary/aromatic N) is 4. The molecule has 11 heteroatoms. The number of rotatable bonds is 4. The van der Waals surface area contributed by atoms with Crippen molar-refractivity contribution in [3.63, 3.8) is 0 Å². The number of nitrogens with one attached hydrogen (secondary N) is 2. The van der Waals surface area contributed by atoms with E-state index in [2.05, 4.69) is 20.6 Å². The third-order valence-corrected chi connectivity index (χ3v) is 5.21. The molecule has 2 aromatic heterocycles. The maximum absolute atomic E-state index is 15.2. The van der Waals surface area contributed by atoms with Gasteiger partial charge in [0.2, 0.25) is 11.7 Å². The Morgan fingerprint density at radius 1 is 1.19 bits per heavy atom. The predicted octanol–water partition coefficient (Wildman–Crippen LogP) is 4.77. The summed E-state index contributed by atoms with van der Waals surface area (Å²) in [5.74, 6) is -0.624. The molecule has 168 valence electrons. The Hall–Kier alpha value is -3.40. The summed E-state index contributed by atoms with van der Waals surface area (Å²) in [7, 11) is 0. The Balaban J connectivity index is 1.62. The first-order valence-electron chi connectivity index (χ1n) is 10.2. The lowest BCUT2D eigenvalue weighted by Gasteiger charge is -2.16. The highest BCUT2D eigenvalue weighted by Crippen LogP contribution is 2.32. The van der Waals surface area contributed by atoms with Gasteiger partial charge in [-0.05, 0) is 44.9 Å². The second-order valence-corrected chi connectivity index (χ2v) is 8.07. The van der Waals surface area contributed by atoms with E-state index >= 15 is 4.39 Å². The zero-order valence-electron chi connectivity index (χ0n) is 17.6. The molecule has 0 bridgehead atoms. The second-order valence-electron chi connectivity index (χ2n) is 7.66. The number of hydrogen-bond donors (Lipinski definition) is 2. The van der Waals surface area contributed by atoms with Crippen molar-refractivity contribution in [3.05, 3.63) is 41.6 Å². The minimum Gasteiger partial charge on any atom is -0.447 e. The Kier molecular flexibility index (Phi) is 6.13. The SMILES string of the molecule is CC(C)OC(=O)Nc1cnc2nc(-c3cc(NC(=O)N4CCCC4)ccc3Cl)c(F)n2c1. The summed E-state index contributed by atoms with van der Waals surface area (Å²) in [6.07, 6.45) is 3.68. The van der Waals surface area contributed by atoms with Gasteiger partial charge in [0.1, 0.15) is 5.69 Å². The smallest absolute Gasteiger partial charge is 0.411 e. The largest absolute Gasteiger partial charge is 0.447 e. The van der Waals surface area contributed by atoms with Gasteiger partial charge in [-0.3, -0.25) is 9.72 Å². The number of anilines is 2. The number of ether oxygens (including phenoxy) is 1. The zero-order valence-corrected chi connectivity index (χ0v) is 18.3. The molecular formula is C21H22ClFN6O3. The van der Waals surface area contributed by atoms with E-state index in [1.165, 1.54) is 12.4 Å². The van der Waals surface area contributed by atoms with E-state index in [4.69, 9.17) is 16.3 Å². The molecule has 0 saturated carbocycles. The van der Waals surface area contributed by atoms with Crippen molar-refractivity contribution in [1.82, 2.24) is 19.3 Å². The van der Waals surface area contributed by atoms with Gasteiger partial charge in [0.15, 0.2) is 0 Å². The number of amides is 3. The highest BCUT2D eigenvalue weighted by Gasteiger charge is 2.21. The Labute approximate surface area is 188 Å². The quantitative estimate of drug-likeness (QED) is 0.583. The van der Waals surface area contributed by atoms with Crippen LogP contribution in [0.2, 0.25) is 5.02 Å². The number of imidazole rings is 1. The van der Waals surface area contributed by atoms with Crippen molar-refractivity contribution in [3.8, 4) is 11.3 Å². The first-order valence-corrected chi connectivity index (χ1v) is 10.6. The van der Waals surface area contributed by atoms with Crippen LogP contribution in [-0.4, -0.2) is 50.6 Å². The third-order valence-electron chi connectivity index (χ3n) is 4.88. The molecule has 0 aliphatic carbocycles. The lowest BCUT2D eigenvalue weighted by Crippen LogP contribution is -2.32. The molecule has 3 heterocycles. The lowest BCUT2D eigenvalue weighted by molar-refractivity contribution is 0.130. The number of benzene rings is 1. The third kappa shape index (κ3) is 4.59. The van der Waals surface area contributed by atoms with Gasteiger partial charge < -0.3 is 15.0 Å². The van der Waals surface area contributed by atoms with Crippen LogP contribution in [-0.2, 0) is 4.74 Å². The van der Waals surface area contributed by atoms with Crippen molar-refractivity contribution in [2.75, 3.05) is 23.7 Å². The molecule has 1 aliphatic heterocycles. The molecule has 32 heavy (non-hydrogen) atoms. The standard InChI is InChI=1S/C21H22ClFN6O3/c1-12(2)32-21(31)26-14-10-24-19-27-17(18(23)29(19)11-14)15-9-13(5-6-16(15)22)25-20(30)28-7-3-4-8-28/h5-6,9-12H,3-4,7-8H2,1-2H3,(H,25,30)(H,26,31). The van der Waals surface area contributed by atoms with E-state index in [-0.39, 0.29) is 34.3 Å². The number of fused-ring (bicyclic) bond motifs is 1. The van der Waals surface area contributed by atoms with Gasteiger partial charge in [0.25, 0.3) is 0 Å². The molecular weight excluding hydrogens is 439 g/mol. The fourth-order valence-electron chi connectivity index (χ4n) is 3.41. The van der Waals surface area contributed by atoms with Crippen molar-refractivity contribution in [2.24, 2.45) is 0 Å². The number of carbonyl (C=O) groups excluding carboxylic acids is 2. The van der Waals surface area contributed by atoms with Gasteiger partial charge in [-0.1, -0.05) is 11.6 Å². The van der Waals surface area contributed by atoms with Gasteiger partial charge in [-0.25, -0.2) is 19.6 Å². The normalized spacial score (nSPS) is 13.6. The van der Waals surface area contributed by atoms with Crippen LogP contribution < -0.4 is 10.6 Å². The lowest BCUT2D eigenvalue weighted by atomic mass is 10.1. The molecule has 0 spiro atoms.